The molecule has 2 N–H and O–H groups in total. The van der Waals surface area contributed by atoms with Gasteiger partial charge < -0.3 is 5.32 Å². The summed E-state index contributed by atoms with van der Waals surface area (Å²) < 4.78 is 42.0. The van der Waals surface area contributed by atoms with Crippen molar-refractivity contribution in [2.24, 2.45) is 0 Å². The molecule has 0 saturated heterocycles. The van der Waals surface area contributed by atoms with Gasteiger partial charge in [0.25, 0.3) is 0 Å². The van der Waals surface area contributed by atoms with Crippen LogP contribution in [0.25, 0.3) is 0 Å². The SMILES string of the molecule is O=C1Cc2cc(S(=O)(=O)ONc3ccc(F)c(Cl)c3)ccc2N1. The Morgan fingerprint density at radius 1 is 1.22 bits per heavy atom. The van der Waals surface area contributed by atoms with Crippen molar-refractivity contribution in [3.63, 3.8) is 0 Å². The number of amides is 1. The van der Waals surface area contributed by atoms with Crippen molar-refractivity contribution in [1.29, 1.82) is 0 Å². The van der Waals surface area contributed by atoms with Gasteiger partial charge in [-0.1, -0.05) is 11.6 Å². The molecule has 23 heavy (non-hydrogen) atoms. The number of benzene rings is 2. The Labute approximate surface area is 136 Å². The summed E-state index contributed by atoms with van der Waals surface area (Å²) in [6, 6.07) is 7.72. The van der Waals surface area contributed by atoms with E-state index in [2.05, 4.69) is 10.8 Å². The average Bonchev–Trinajstić information content (AvgIpc) is 2.87. The van der Waals surface area contributed by atoms with Crippen LogP contribution < -0.4 is 10.8 Å². The van der Waals surface area contributed by atoms with E-state index in [9.17, 15) is 17.6 Å². The van der Waals surface area contributed by atoms with Crippen LogP contribution in [0.2, 0.25) is 5.02 Å². The van der Waals surface area contributed by atoms with Gasteiger partial charge in [0.15, 0.2) is 0 Å². The summed E-state index contributed by atoms with van der Waals surface area (Å²) in [6.07, 6.45) is 0.111. The summed E-state index contributed by atoms with van der Waals surface area (Å²) in [5, 5.41) is 2.44. The van der Waals surface area contributed by atoms with Gasteiger partial charge in [0.05, 0.1) is 22.0 Å². The maximum absolute atomic E-state index is 13.0. The molecule has 6 nitrogen and oxygen atoms in total. The zero-order valence-corrected chi connectivity index (χ0v) is 13.0. The van der Waals surface area contributed by atoms with E-state index in [-0.39, 0.29) is 27.9 Å². The second-order valence-corrected chi connectivity index (χ2v) is 6.77. The number of anilines is 2. The molecule has 2 aromatic carbocycles. The summed E-state index contributed by atoms with van der Waals surface area (Å²) in [7, 11) is -4.11. The molecule has 0 radical (unpaired) electrons. The normalized spacial score (nSPS) is 13.6. The van der Waals surface area contributed by atoms with Crippen LogP contribution in [0.1, 0.15) is 5.56 Å². The fourth-order valence-corrected chi connectivity index (χ4v) is 3.08. The molecular weight excluding hydrogens is 347 g/mol. The minimum atomic E-state index is -4.11. The topological polar surface area (TPSA) is 84.5 Å². The predicted octanol–water partition coefficient (Wildman–Crippen LogP) is 2.71. The van der Waals surface area contributed by atoms with Crippen LogP contribution in [0.3, 0.4) is 0 Å². The molecule has 1 heterocycles. The van der Waals surface area contributed by atoms with Gasteiger partial charge in [0, 0.05) is 5.69 Å². The molecule has 1 aliphatic rings. The summed E-state index contributed by atoms with van der Waals surface area (Å²) in [5.41, 5.74) is 3.53. The summed E-state index contributed by atoms with van der Waals surface area (Å²) in [6.45, 7) is 0. The summed E-state index contributed by atoms with van der Waals surface area (Å²) in [5.74, 6) is -0.828. The third-order valence-electron chi connectivity index (χ3n) is 3.18. The molecule has 1 amide bonds. The van der Waals surface area contributed by atoms with Crippen molar-refractivity contribution < 1.29 is 21.9 Å². The van der Waals surface area contributed by atoms with E-state index in [1.54, 1.807) is 0 Å². The minimum Gasteiger partial charge on any atom is -0.326 e. The molecular formula is C14H10ClFN2O4S. The van der Waals surface area contributed by atoms with E-state index in [0.29, 0.717) is 11.3 Å². The molecule has 2 aromatic rings. The zero-order chi connectivity index (χ0) is 16.6. The maximum atomic E-state index is 13.0. The van der Waals surface area contributed by atoms with Crippen LogP contribution in [-0.2, 0) is 25.6 Å². The van der Waals surface area contributed by atoms with E-state index < -0.39 is 15.9 Å². The molecule has 0 fully saturated rings. The summed E-state index contributed by atoms with van der Waals surface area (Å²) >= 11 is 5.60. The molecule has 0 aromatic heterocycles. The van der Waals surface area contributed by atoms with E-state index in [0.717, 1.165) is 6.07 Å². The fourth-order valence-electron chi connectivity index (χ4n) is 2.07. The van der Waals surface area contributed by atoms with Crippen molar-refractivity contribution in [1.82, 2.24) is 0 Å². The van der Waals surface area contributed by atoms with Crippen molar-refractivity contribution >= 4 is 39.0 Å². The molecule has 120 valence electrons. The Balaban J connectivity index is 1.78. The van der Waals surface area contributed by atoms with Gasteiger partial charge in [0.2, 0.25) is 5.91 Å². The summed E-state index contributed by atoms with van der Waals surface area (Å²) in [4.78, 5) is 11.2. The van der Waals surface area contributed by atoms with Crippen molar-refractivity contribution in [2.45, 2.75) is 11.3 Å². The number of hydrogen-bond donors (Lipinski definition) is 2. The molecule has 3 rings (SSSR count). The lowest BCUT2D eigenvalue weighted by Crippen LogP contribution is -2.12. The van der Waals surface area contributed by atoms with Crippen LogP contribution in [0.15, 0.2) is 41.3 Å². The maximum Gasteiger partial charge on any atom is 0.317 e. The Morgan fingerprint density at radius 2 is 2.00 bits per heavy atom. The number of rotatable bonds is 4. The van der Waals surface area contributed by atoms with Crippen LogP contribution in [0, 0.1) is 5.82 Å². The third-order valence-corrected chi connectivity index (χ3v) is 4.60. The third kappa shape index (κ3) is 3.29. The number of carbonyl (C=O) groups is 1. The predicted molar refractivity (Wildman–Crippen MR) is 82.1 cm³/mol. The van der Waals surface area contributed by atoms with Crippen LogP contribution in [0.4, 0.5) is 15.8 Å². The molecule has 0 spiro atoms. The van der Waals surface area contributed by atoms with Gasteiger partial charge >= 0.3 is 10.1 Å². The molecule has 9 heteroatoms. The lowest BCUT2D eigenvalue weighted by Gasteiger charge is -2.09. The van der Waals surface area contributed by atoms with E-state index in [1.165, 1.54) is 30.3 Å². The molecule has 0 unspecified atom stereocenters. The number of carbonyl (C=O) groups excluding carboxylic acids is 1. The highest BCUT2D eigenvalue weighted by Gasteiger charge is 2.22. The number of halogens is 2. The second-order valence-electron chi connectivity index (χ2n) is 4.81. The lowest BCUT2D eigenvalue weighted by molar-refractivity contribution is -0.115. The van der Waals surface area contributed by atoms with Crippen LogP contribution in [-0.4, -0.2) is 14.3 Å². The van der Waals surface area contributed by atoms with Crippen LogP contribution in [0.5, 0.6) is 0 Å². The largest absolute Gasteiger partial charge is 0.326 e. The molecule has 1 aliphatic heterocycles. The van der Waals surface area contributed by atoms with E-state index in [4.69, 9.17) is 15.9 Å². The molecule has 0 saturated carbocycles. The first-order valence-electron chi connectivity index (χ1n) is 6.42. The number of fused-ring (bicyclic) bond motifs is 1. The Kier molecular flexibility index (Phi) is 3.97. The van der Waals surface area contributed by atoms with Gasteiger partial charge in [-0.05, 0) is 42.0 Å². The number of hydrogen-bond acceptors (Lipinski definition) is 5. The molecule has 0 bridgehead atoms. The Bertz CT molecular complexity index is 902. The highest BCUT2D eigenvalue weighted by Crippen LogP contribution is 2.27. The standard InChI is InChI=1S/C14H10ClFN2O4S/c15-11-7-9(1-3-12(11)16)18-22-23(20,21)10-2-4-13-8(5-10)6-14(19)17-13/h1-5,7,18H,6H2,(H,17,19). The molecule has 0 atom stereocenters. The first-order chi connectivity index (χ1) is 10.8. The van der Waals surface area contributed by atoms with Crippen molar-refractivity contribution in [3.05, 3.63) is 52.8 Å². The van der Waals surface area contributed by atoms with Gasteiger partial charge in [-0.3, -0.25) is 4.79 Å². The van der Waals surface area contributed by atoms with E-state index in [1.807, 2.05) is 0 Å². The highest BCUT2D eigenvalue weighted by molar-refractivity contribution is 7.86. The van der Waals surface area contributed by atoms with Gasteiger partial charge in [0.1, 0.15) is 5.82 Å². The smallest absolute Gasteiger partial charge is 0.317 e. The fraction of sp³-hybridized carbons (Fsp3) is 0.0714. The Morgan fingerprint density at radius 3 is 2.74 bits per heavy atom. The first kappa shape index (κ1) is 15.7. The second kappa shape index (κ2) is 5.80. The van der Waals surface area contributed by atoms with Gasteiger partial charge in [-0.2, -0.15) is 8.42 Å². The first-order valence-corrected chi connectivity index (χ1v) is 8.21. The average molecular weight is 357 g/mol. The Hall–Kier alpha value is -2.16. The van der Waals surface area contributed by atoms with Gasteiger partial charge in [-0.15, -0.1) is 4.28 Å². The highest BCUT2D eigenvalue weighted by atomic mass is 35.5. The molecule has 0 aliphatic carbocycles. The van der Waals surface area contributed by atoms with E-state index >= 15 is 0 Å². The quantitative estimate of drug-likeness (QED) is 0.823. The minimum absolute atomic E-state index is 0.103. The van der Waals surface area contributed by atoms with Crippen LogP contribution >= 0.6 is 11.6 Å². The number of nitrogens with one attached hydrogen (secondary N) is 2. The zero-order valence-electron chi connectivity index (χ0n) is 11.5. The van der Waals surface area contributed by atoms with Crippen molar-refractivity contribution in [2.75, 3.05) is 10.8 Å². The lowest BCUT2D eigenvalue weighted by atomic mass is 10.2. The monoisotopic (exact) mass is 356 g/mol. The van der Waals surface area contributed by atoms with Gasteiger partial charge in [-0.25, -0.2) is 9.87 Å². The van der Waals surface area contributed by atoms with Crippen molar-refractivity contribution in [3.8, 4) is 0 Å².